The van der Waals surface area contributed by atoms with Crippen LogP contribution >= 0.6 is 39.1 Å². The maximum absolute atomic E-state index is 11.4. The van der Waals surface area contributed by atoms with Crippen molar-refractivity contribution in [3.8, 4) is 0 Å². The number of hydrogen-bond donors (Lipinski definition) is 4. The third kappa shape index (κ3) is 4.54. The first-order valence-corrected chi connectivity index (χ1v) is 6.47. The molecular weight excluding hydrogens is 363 g/mol. The maximum Gasteiger partial charge on any atom is 0.334 e. The lowest BCUT2D eigenvalue weighted by Crippen LogP contribution is -2.38. The number of nitrogens with one attached hydrogen (secondary N) is 2. The summed E-state index contributed by atoms with van der Waals surface area (Å²) < 4.78 is 0.575. The highest BCUT2D eigenvalue weighted by Crippen LogP contribution is 2.35. The molecule has 104 valence electrons. The minimum atomic E-state index is -1.67. The molecule has 0 saturated heterocycles. The molecule has 1 aromatic carbocycles. The summed E-state index contributed by atoms with van der Waals surface area (Å²) in [6.45, 7) is -0.428. The summed E-state index contributed by atoms with van der Waals surface area (Å²) in [5, 5.41) is 22.4. The van der Waals surface area contributed by atoms with E-state index >= 15 is 0 Å². The molecule has 9 heteroatoms. The van der Waals surface area contributed by atoms with Gasteiger partial charge in [-0.05, 0) is 28.1 Å². The van der Waals surface area contributed by atoms with Crippen molar-refractivity contribution in [2.45, 2.75) is 6.10 Å². The summed E-state index contributed by atoms with van der Waals surface area (Å²) in [6.07, 6.45) is -1.67. The van der Waals surface area contributed by atoms with Crippen molar-refractivity contribution < 1.29 is 19.8 Å². The van der Waals surface area contributed by atoms with Gasteiger partial charge in [0.2, 0.25) is 0 Å². The molecule has 1 atom stereocenters. The molecule has 6 nitrogen and oxygen atoms in total. The van der Waals surface area contributed by atoms with Crippen LogP contribution in [0, 0.1) is 0 Å². The third-order valence-corrected chi connectivity index (χ3v) is 3.80. The first-order chi connectivity index (χ1) is 8.82. The summed E-state index contributed by atoms with van der Waals surface area (Å²) in [4.78, 5) is 21.8. The number of carbonyl (C=O) groups is 2. The summed E-state index contributed by atoms with van der Waals surface area (Å²) in [7, 11) is 0. The van der Waals surface area contributed by atoms with E-state index in [1.807, 2.05) is 0 Å². The Labute approximate surface area is 126 Å². The highest BCUT2D eigenvalue weighted by molar-refractivity contribution is 9.10. The van der Waals surface area contributed by atoms with Gasteiger partial charge in [-0.25, -0.2) is 9.59 Å². The number of halogens is 3. The maximum atomic E-state index is 11.4. The van der Waals surface area contributed by atoms with Gasteiger partial charge in [0.15, 0.2) is 6.10 Å². The van der Waals surface area contributed by atoms with Crippen LogP contribution < -0.4 is 10.6 Å². The highest BCUT2D eigenvalue weighted by atomic mass is 79.9. The number of carboxylic acid groups (broad SMARTS) is 1. The van der Waals surface area contributed by atoms with Crippen LogP contribution in [0.25, 0.3) is 0 Å². The average molecular weight is 372 g/mol. The van der Waals surface area contributed by atoms with Gasteiger partial charge in [-0.3, -0.25) is 0 Å². The first-order valence-electron chi connectivity index (χ1n) is 4.92. The molecule has 0 saturated carbocycles. The van der Waals surface area contributed by atoms with E-state index < -0.39 is 24.6 Å². The number of hydrogen-bond acceptors (Lipinski definition) is 3. The number of aliphatic hydroxyl groups is 1. The quantitative estimate of drug-likeness (QED) is 0.610. The molecule has 4 N–H and O–H groups in total. The van der Waals surface area contributed by atoms with Gasteiger partial charge in [0.05, 0.1) is 22.3 Å². The minimum Gasteiger partial charge on any atom is -0.479 e. The second-order valence-corrected chi connectivity index (χ2v) is 5.02. The van der Waals surface area contributed by atoms with Crippen LogP contribution in [0.15, 0.2) is 16.6 Å². The zero-order chi connectivity index (χ0) is 14.6. The molecule has 0 aliphatic heterocycles. The number of urea groups is 1. The Balaban J connectivity index is 2.63. The van der Waals surface area contributed by atoms with Crippen molar-refractivity contribution in [3.63, 3.8) is 0 Å². The number of benzene rings is 1. The fourth-order valence-corrected chi connectivity index (χ4v) is 1.89. The first kappa shape index (κ1) is 16.0. The zero-order valence-electron chi connectivity index (χ0n) is 9.28. The van der Waals surface area contributed by atoms with Gasteiger partial charge in [0.1, 0.15) is 0 Å². The van der Waals surface area contributed by atoms with Crippen molar-refractivity contribution in [2.24, 2.45) is 0 Å². The largest absolute Gasteiger partial charge is 0.479 e. The van der Waals surface area contributed by atoms with Crippen LogP contribution in [0.2, 0.25) is 10.0 Å². The van der Waals surface area contributed by atoms with Gasteiger partial charge in [0, 0.05) is 4.47 Å². The molecule has 2 amide bonds. The van der Waals surface area contributed by atoms with Gasteiger partial charge < -0.3 is 20.8 Å². The molecule has 0 fully saturated rings. The molecule has 1 rings (SSSR count). The summed E-state index contributed by atoms with van der Waals surface area (Å²) in [5.74, 6) is -1.43. The molecule has 0 radical (unpaired) electrons. The van der Waals surface area contributed by atoms with Crippen LogP contribution in [-0.2, 0) is 4.79 Å². The van der Waals surface area contributed by atoms with Gasteiger partial charge >= 0.3 is 12.0 Å². The van der Waals surface area contributed by atoms with Crippen LogP contribution in [0.5, 0.6) is 0 Å². The van der Waals surface area contributed by atoms with Crippen LogP contribution in [-0.4, -0.2) is 34.9 Å². The van der Waals surface area contributed by atoms with E-state index in [1.54, 1.807) is 6.07 Å². The Morgan fingerprint density at radius 1 is 1.32 bits per heavy atom. The Morgan fingerprint density at radius 3 is 2.53 bits per heavy atom. The van der Waals surface area contributed by atoms with E-state index in [0.717, 1.165) is 0 Å². The smallest absolute Gasteiger partial charge is 0.334 e. The van der Waals surface area contributed by atoms with Crippen molar-refractivity contribution in [1.29, 1.82) is 0 Å². The van der Waals surface area contributed by atoms with Crippen LogP contribution in [0.1, 0.15) is 0 Å². The lowest BCUT2D eigenvalue weighted by Gasteiger charge is -2.11. The Morgan fingerprint density at radius 2 is 1.95 bits per heavy atom. The zero-order valence-corrected chi connectivity index (χ0v) is 12.4. The number of carboxylic acids is 1. The number of aliphatic hydroxyl groups excluding tert-OH is 1. The standard InChI is InChI=1S/C10H9BrCl2N2O4/c11-4-1-2-5(8(13)7(4)12)15-10(19)14-3-6(16)9(17)18/h1-2,6,16H,3H2,(H,17,18)(H2,14,15,19)/t6-/m0/s1. The van der Waals surface area contributed by atoms with E-state index in [0.29, 0.717) is 4.47 Å². The average Bonchev–Trinajstić information content (AvgIpc) is 2.36. The molecule has 0 bridgehead atoms. The second-order valence-electron chi connectivity index (χ2n) is 3.41. The molecule has 0 aromatic heterocycles. The highest BCUT2D eigenvalue weighted by Gasteiger charge is 2.15. The molecule has 1 aromatic rings. The van der Waals surface area contributed by atoms with Crippen molar-refractivity contribution in [3.05, 3.63) is 26.7 Å². The molecular formula is C10H9BrCl2N2O4. The van der Waals surface area contributed by atoms with Gasteiger partial charge in [0.25, 0.3) is 0 Å². The van der Waals surface area contributed by atoms with E-state index in [-0.39, 0.29) is 15.7 Å². The fourth-order valence-electron chi connectivity index (χ4n) is 1.07. The normalized spacial score (nSPS) is 11.8. The lowest BCUT2D eigenvalue weighted by molar-refractivity contribution is -0.146. The van der Waals surface area contributed by atoms with E-state index in [4.69, 9.17) is 33.4 Å². The predicted octanol–water partition coefficient (Wildman–Crippen LogP) is 2.32. The van der Waals surface area contributed by atoms with E-state index in [1.165, 1.54) is 6.07 Å². The fraction of sp³-hybridized carbons (Fsp3) is 0.200. The summed E-state index contributed by atoms with van der Waals surface area (Å²) in [5.41, 5.74) is 0.261. The van der Waals surface area contributed by atoms with Crippen molar-refractivity contribution in [1.82, 2.24) is 5.32 Å². The monoisotopic (exact) mass is 370 g/mol. The lowest BCUT2D eigenvalue weighted by atomic mass is 10.3. The number of carbonyl (C=O) groups excluding carboxylic acids is 1. The van der Waals surface area contributed by atoms with E-state index in [9.17, 15) is 9.59 Å². The van der Waals surface area contributed by atoms with Crippen molar-refractivity contribution in [2.75, 3.05) is 11.9 Å². The number of rotatable bonds is 4. The van der Waals surface area contributed by atoms with Gasteiger partial charge in [-0.15, -0.1) is 0 Å². The third-order valence-electron chi connectivity index (χ3n) is 2.02. The molecule has 0 unspecified atom stereocenters. The Bertz CT molecular complexity index is 513. The Hall–Kier alpha value is -1.02. The second kappa shape index (κ2) is 6.95. The van der Waals surface area contributed by atoms with Crippen LogP contribution in [0.3, 0.4) is 0 Å². The minimum absolute atomic E-state index is 0.143. The summed E-state index contributed by atoms with van der Waals surface area (Å²) >= 11 is 14.9. The van der Waals surface area contributed by atoms with Gasteiger partial charge in [-0.1, -0.05) is 23.2 Å². The number of anilines is 1. The molecule has 19 heavy (non-hydrogen) atoms. The van der Waals surface area contributed by atoms with Crippen molar-refractivity contribution >= 4 is 56.8 Å². The molecule has 0 aliphatic rings. The number of amides is 2. The van der Waals surface area contributed by atoms with E-state index in [2.05, 4.69) is 26.6 Å². The topological polar surface area (TPSA) is 98.7 Å². The van der Waals surface area contributed by atoms with Gasteiger partial charge in [-0.2, -0.15) is 0 Å². The molecule has 0 spiro atoms. The van der Waals surface area contributed by atoms with Crippen LogP contribution in [0.4, 0.5) is 10.5 Å². The SMILES string of the molecule is O=C(NC[C@H](O)C(=O)O)Nc1ccc(Br)c(Cl)c1Cl. The summed E-state index contributed by atoms with van der Waals surface area (Å²) in [6, 6.07) is 2.40. The Kier molecular flexibility index (Phi) is 5.86. The number of aliphatic carboxylic acids is 1. The predicted molar refractivity (Wildman–Crippen MR) is 74.8 cm³/mol. The molecule has 0 heterocycles. The molecule has 0 aliphatic carbocycles.